The van der Waals surface area contributed by atoms with E-state index in [0.717, 1.165) is 17.5 Å². The molecule has 24 heavy (non-hydrogen) atoms. The summed E-state index contributed by atoms with van der Waals surface area (Å²) in [5.74, 6) is 0.309. The molecule has 0 heterocycles. The van der Waals surface area contributed by atoms with Crippen molar-refractivity contribution in [2.45, 2.75) is 20.3 Å². The molecule has 0 N–H and O–H groups in total. The number of hydrogen-bond donors (Lipinski definition) is 0. The monoisotopic (exact) mass is 316 g/mol. The number of aryl methyl sites for hydroxylation is 1. The Morgan fingerprint density at radius 2 is 1.46 bits per heavy atom. The maximum Gasteiger partial charge on any atom is 0.343 e. The summed E-state index contributed by atoms with van der Waals surface area (Å²) in [5, 5.41) is 0. The third-order valence-corrected chi connectivity index (χ3v) is 4.26. The lowest BCUT2D eigenvalue weighted by Gasteiger charge is -2.15. The van der Waals surface area contributed by atoms with Crippen LogP contribution < -0.4 is 4.74 Å². The minimum atomic E-state index is -0.326. The van der Waals surface area contributed by atoms with E-state index in [1.54, 1.807) is 12.1 Å². The van der Waals surface area contributed by atoms with Crippen molar-refractivity contribution in [3.63, 3.8) is 0 Å². The molecule has 0 bridgehead atoms. The average Bonchev–Trinajstić information content (AvgIpc) is 2.63. The summed E-state index contributed by atoms with van der Waals surface area (Å²) >= 11 is 0. The predicted molar refractivity (Wildman–Crippen MR) is 96.6 cm³/mol. The van der Waals surface area contributed by atoms with E-state index in [0.29, 0.717) is 11.3 Å². The van der Waals surface area contributed by atoms with Crippen LogP contribution in [0.3, 0.4) is 0 Å². The minimum absolute atomic E-state index is 0.326. The summed E-state index contributed by atoms with van der Waals surface area (Å²) in [6.45, 7) is 4.15. The second-order valence-electron chi connectivity index (χ2n) is 5.90. The molecule has 0 atom stereocenters. The van der Waals surface area contributed by atoms with Crippen LogP contribution in [0.4, 0.5) is 0 Å². The average molecular weight is 316 g/mol. The number of carbonyl (C=O) groups excluding carboxylic acids is 1. The highest BCUT2D eigenvalue weighted by Crippen LogP contribution is 2.28. The first kappa shape index (κ1) is 16.0. The van der Waals surface area contributed by atoms with Crippen LogP contribution in [0.5, 0.6) is 5.75 Å². The number of esters is 1. The zero-order valence-corrected chi connectivity index (χ0v) is 14.0. The Hall–Kier alpha value is -2.87. The maximum absolute atomic E-state index is 12.4. The Balaban J connectivity index is 1.93. The molecule has 0 saturated heterocycles. The molecule has 0 amide bonds. The Morgan fingerprint density at radius 3 is 2.12 bits per heavy atom. The molecule has 0 unspecified atom stereocenters. The number of benzene rings is 3. The van der Waals surface area contributed by atoms with Crippen LogP contribution in [0.15, 0.2) is 72.8 Å². The van der Waals surface area contributed by atoms with Crippen LogP contribution in [0.2, 0.25) is 0 Å². The highest BCUT2D eigenvalue weighted by atomic mass is 16.5. The maximum atomic E-state index is 12.4. The van der Waals surface area contributed by atoms with Crippen molar-refractivity contribution in [2.75, 3.05) is 0 Å². The lowest BCUT2D eigenvalue weighted by molar-refractivity contribution is 0.0733. The van der Waals surface area contributed by atoms with Gasteiger partial charge in [0, 0.05) is 12.0 Å². The molecule has 0 spiro atoms. The van der Waals surface area contributed by atoms with Crippen molar-refractivity contribution in [1.29, 1.82) is 0 Å². The van der Waals surface area contributed by atoms with Gasteiger partial charge in [0.2, 0.25) is 0 Å². The van der Waals surface area contributed by atoms with Gasteiger partial charge in [-0.25, -0.2) is 4.79 Å². The van der Waals surface area contributed by atoms with E-state index in [1.807, 2.05) is 48.5 Å². The molecule has 2 nitrogen and oxygen atoms in total. The lowest BCUT2D eigenvalue weighted by Crippen LogP contribution is -2.11. The van der Waals surface area contributed by atoms with Crippen molar-refractivity contribution < 1.29 is 9.53 Å². The third-order valence-electron chi connectivity index (χ3n) is 4.26. The van der Waals surface area contributed by atoms with Gasteiger partial charge < -0.3 is 4.74 Å². The Bertz CT molecular complexity index is 837. The fourth-order valence-corrected chi connectivity index (χ4v) is 2.70. The van der Waals surface area contributed by atoms with Gasteiger partial charge in [-0.2, -0.15) is 0 Å². The van der Waals surface area contributed by atoms with Gasteiger partial charge in [-0.1, -0.05) is 54.6 Å². The van der Waals surface area contributed by atoms with E-state index in [1.165, 1.54) is 11.1 Å². The molecule has 0 saturated carbocycles. The van der Waals surface area contributed by atoms with E-state index in [-0.39, 0.29) is 5.97 Å². The van der Waals surface area contributed by atoms with Crippen LogP contribution in [-0.2, 0) is 6.42 Å². The smallest absolute Gasteiger partial charge is 0.343 e. The van der Waals surface area contributed by atoms with Crippen LogP contribution >= 0.6 is 0 Å². The van der Waals surface area contributed by atoms with Gasteiger partial charge >= 0.3 is 5.97 Å². The molecule has 0 radical (unpaired) electrons. The topological polar surface area (TPSA) is 26.3 Å². The van der Waals surface area contributed by atoms with Crippen LogP contribution in [0.1, 0.15) is 32.6 Å². The number of carbonyl (C=O) groups is 1. The second-order valence-corrected chi connectivity index (χ2v) is 5.90. The molecular weight excluding hydrogens is 296 g/mol. The van der Waals surface area contributed by atoms with Crippen molar-refractivity contribution in [1.82, 2.24) is 0 Å². The zero-order valence-electron chi connectivity index (χ0n) is 14.0. The first-order chi connectivity index (χ1) is 11.6. The highest BCUT2D eigenvalue weighted by molar-refractivity contribution is 5.91. The van der Waals surface area contributed by atoms with Gasteiger partial charge in [-0.15, -0.1) is 0 Å². The molecule has 0 fully saturated rings. The Morgan fingerprint density at radius 1 is 0.833 bits per heavy atom. The lowest BCUT2D eigenvalue weighted by atomic mass is 9.96. The van der Waals surface area contributed by atoms with Crippen LogP contribution in [0, 0.1) is 13.8 Å². The van der Waals surface area contributed by atoms with Gasteiger partial charge in [-0.3, -0.25) is 0 Å². The van der Waals surface area contributed by atoms with Gasteiger partial charge in [0.05, 0.1) is 5.56 Å². The summed E-state index contributed by atoms with van der Waals surface area (Å²) in [7, 11) is 0. The van der Waals surface area contributed by atoms with Crippen molar-refractivity contribution in [2.24, 2.45) is 0 Å². The molecule has 0 aliphatic heterocycles. The molecule has 3 aromatic carbocycles. The summed E-state index contributed by atoms with van der Waals surface area (Å²) in [4.78, 5) is 12.4. The van der Waals surface area contributed by atoms with E-state index in [4.69, 9.17) is 4.74 Å². The Labute approximate surface area is 142 Å². The quantitative estimate of drug-likeness (QED) is 0.493. The van der Waals surface area contributed by atoms with Gasteiger partial charge in [0.25, 0.3) is 0 Å². The summed E-state index contributed by atoms with van der Waals surface area (Å²) in [6.07, 6.45) is 0.742. The van der Waals surface area contributed by atoms with Gasteiger partial charge in [0.1, 0.15) is 5.75 Å². The van der Waals surface area contributed by atoms with Crippen LogP contribution in [-0.4, -0.2) is 5.97 Å². The normalized spacial score (nSPS) is 10.4. The van der Waals surface area contributed by atoms with Crippen LogP contribution in [0.25, 0.3) is 0 Å². The summed E-state index contributed by atoms with van der Waals surface area (Å²) in [6, 6.07) is 23.2. The number of rotatable bonds is 4. The molecule has 3 rings (SSSR count). The van der Waals surface area contributed by atoms with Crippen molar-refractivity contribution in [3.8, 4) is 5.75 Å². The standard InChI is InChI=1S/C22H20O2/c1-16-13-14-21(24-22(23)19-11-7-4-8-12-19)20(17(16)2)15-18-9-5-3-6-10-18/h3-14H,15H2,1-2H3. The molecule has 0 aromatic heterocycles. The van der Waals surface area contributed by atoms with E-state index in [2.05, 4.69) is 26.0 Å². The fourth-order valence-electron chi connectivity index (χ4n) is 2.70. The first-order valence-electron chi connectivity index (χ1n) is 8.05. The van der Waals surface area contributed by atoms with E-state index < -0.39 is 0 Å². The summed E-state index contributed by atoms with van der Waals surface area (Å²) in [5.41, 5.74) is 5.17. The molecule has 0 aliphatic rings. The van der Waals surface area contributed by atoms with E-state index in [9.17, 15) is 4.79 Å². The van der Waals surface area contributed by atoms with Gasteiger partial charge in [0.15, 0.2) is 0 Å². The van der Waals surface area contributed by atoms with E-state index >= 15 is 0 Å². The van der Waals surface area contributed by atoms with Crippen molar-refractivity contribution in [3.05, 3.63) is 101 Å². The third kappa shape index (κ3) is 3.54. The summed E-state index contributed by atoms with van der Waals surface area (Å²) < 4.78 is 5.70. The molecule has 3 aromatic rings. The minimum Gasteiger partial charge on any atom is -0.423 e. The molecular formula is C22H20O2. The molecule has 2 heteroatoms. The number of ether oxygens (including phenoxy) is 1. The van der Waals surface area contributed by atoms with Gasteiger partial charge in [-0.05, 0) is 48.7 Å². The SMILES string of the molecule is Cc1ccc(OC(=O)c2ccccc2)c(Cc2ccccc2)c1C. The molecule has 0 aliphatic carbocycles. The molecule has 120 valence electrons. The second kappa shape index (κ2) is 7.14. The number of hydrogen-bond acceptors (Lipinski definition) is 2. The predicted octanol–water partition coefficient (Wildman–Crippen LogP) is 5.11. The fraction of sp³-hybridized carbons (Fsp3) is 0.136. The highest BCUT2D eigenvalue weighted by Gasteiger charge is 2.14. The Kier molecular flexibility index (Phi) is 4.76. The van der Waals surface area contributed by atoms with Crippen molar-refractivity contribution >= 4 is 5.97 Å². The first-order valence-corrected chi connectivity index (χ1v) is 8.05. The zero-order chi connectivity index (χ0) is 16.9. The largest absolute Gasteiger partial charge is 0.423 e.